The molecular formula is C31H39F3N4O4. The molecule has 4 N–H and O–H groups in total. The molecule has 1 saturated heterocycles. The molecule has 0 aliphatic carbocycles. The summed E-state index contributed by atoms with van der Waals surface area (Å²) >= 11 is 0. The van der Waals surface area contributed by atoms with E-state index in [1.807, 2.05) is 26.8 Å². The third-order valence-electron chi connectivity index (χ3n) is 7.87. The van der Waals surface area contributed by atoms with Gasteiger partial charge < -0.3 is 30.1 Å². The maximum atomic E-state index is 15.0. The van der Waals surface area contributed by atoms with Crippen LogP contribution in [0.5, 0.6) is 5.75 Å². The number of alkyl halides is 1. The summed E-state index contributed by atoms with van der Waals surface area (Å²) < 4.78 is 45.7. The number of nitrogens with one attached hydrogen (secondary N) is 1. The van der Waals surface area contributed by atoms with E-state index < -0.39 is 47.2 Å². The second-order valence-electron chi connectivity index (χ2n) is 11.9. The maximum Gasteiger partial charge on any atom is 0.251 e. The molecule has 1 aliphatic heterocycles. The number of hydrogen-bond donors (Lipinski definition) is 4. The van der Waals surface area contributed by atoms with Gasteiger partial charge in [0.2, 0.25) is 0 Å². The molecule has 3 aromatic rings. The SMILES string of the molecule is Cc1cc(O)cc(Cn2cc(-c3cc(F)ccc3F)nc2C(N(CC2CNCC2F)C(=O)C(C)O)C(C)(C)CCO)c1. The Hall–Kier alpha value is -3.41. The first-order valence-corrected chi connectivity index (χ1v) is 14.1. The van der Waals surface area contributed by atoms with Crippen molar-refractivity contribution in [1.29, 1.82) is 0 Å². The number of aromatic nitrogens is 2. The molecule has 2 aromatic carbocycles. The van der Waals surface area contributed by atoms with Crippen LogP contribution >= 0.6 is 0 Å². The van der Waals surface area contributed by atoms with Crippen LogP contribution in [0.15, 0.2) is 42.6 Å². The molecule has 1 aromatic heterocycles. The fourth-order valence-corrected chi connectivity index (χ4v) is 5.76. The second-order valence-corrected chi connectivity index (χ2v) is 11.9. The van der Waals surface area contributed by atoms with Gasteiger partial charge in [0.1, 0.15) is 35.5 Å². The number of aliphatic hydroxyl groups excluding tert-OH is 2. The van der Waals surface area contributed by atoms with E-state index in [1.165, 1.54) is 11.8 Å². The molecule has 1 amide bonds. The van der Waals surface area contributed by atoms with Crippen molar-refractivity contribution in [3.05, 3.63) is 71.2 Å². The minimum absolute atomic E-state index is 0.0425. The highest BCUT2D eigenvalue weighted by Crippen LogP contribution is 2.43. The monoisotopic (exact) mass is 588 g/mol. The third kappa shape index (κ3) is 6.96. The van der Waals surface area contributed by atoms with Crippen LogP contribution in [0.2, 0.25) is 0 Å². The number of carbonyl (C=O) groups excluding carboxylic acids is 1. The van der Waals surface area contributed by atoms with Crippen LogP contribution in [-0.2, 0) is 11.3 Å². The van der Waals surface area contributed by atoms with Crippen LogP contribution < -0.4 is 5.32 Å². The molecule has 42 heavy (non-hydrogen) atoms. The lowest BCUT2D eigenvalue weighted by Gasteiger charge is -2.43. The molecule has 11 heteroatoms. The molecule has 4 unspecified atom stereocenters. The number of imidazole rings is 1. The lowest BCUT2D eigenvalue weighted by atomic mass is 9.79. The third-order valence-corrected chi connectivity index (χ3v) is 7.87. The Kier molecular flexibility index (Phi) is 9.64. The van der Waals surface area contributed by atoms with E-state index in [4.69, 9.17) is 4.98 Å². The predicted molar refractivity (Wildman–Crippen MR) is 152 cm³/mol. The molecule has 0 radical (unpaired) electrons. The van der Waals surface area contributed by atoms with Gasteiger partial charge in [-0.05, 0) is 67.1 Å². The number of halogens is 3. The van der Waals surface area contributed by atoms with E-state index in [-0.39, 0.29) is 55.5 Å². The highest BCUT2D eigenvalue weighted by Gasteiger charge is 2.44. The second kappa shape index (κ2) is 12.8. The number of amides is 1. The van der Waals surface area contributed by atoms with E-state index in [0.717, 1.165) is 23.8 Å². The van der Waals surface area contributed by atoms with Crippen molar-refractivity contribution in [3.63, 3.8) is 0 Å². The fourth-order valence-electron chi connectivity index (χ4n) is 5.76. The van der Waals surface area contributed by atoms with E-state index in [0.29, 0.717) is 12.1 Å². The Morgan fingerprint density at radius 3 is 2.57 bits per heavy atom. The van der Waals surface area contributed by atoms with Crippen LogP contribution in [0.4, 0.5) is 13.2 Å². The maximum absolute atomic E-state index is 15.0. The van der Waals surface area contributed by atoms with Crippen LogP contribution in [0.3, 0.4) is 0 Å². The summed E-state index contributed by atoms with van der Waals surface area (Å²) in [5.41, 5.74) is 0.645. The molecule has 228 valence electrons. The highest BCUT2D eigenvalue weighted by atomic mass is 19.1. The molecule has 1 fully saturated rings. The van der Waals surface area contributed by atoms with Crippen LogP contribution in [0.25, 0.3) is 11.3 Å². The quantitative estimate of drug-likeness (QED) is 0.269. The summed E-state index contributed by atoms with van der Waals surface area (Å²) in [6.07, 6.45) is -0.871. The molecule has 8 nitrogen and oxygen atoms in total. The Bertz CT molecular complexity index is 1390. The largest absolute Gasteiger partial charge is 0.508 e. The molecule has 4 rings (SSSR count). The summed E-state index contributed by atoms with van der Waals surface area (Å²) in [7, 11) is 0. The predicted octanol–water partition coefficient (Wildman–Crippen LogP) is 4.11. The molecule has 0 spiro atoms. The zero-order valence-corrected chi connectivity index (χ0v) is 24.3. The van der Waals surface area contributed by atoms with Gasteiger partial charge in [-0.25, -0.2) is 18.2 Å². The van der Waals surface area contributed by atoms with Gasteiger partial charge >= 0.3 is 0 Å². The first-order valence-electron chi connectivity index (χ1n) is 14.1. The van der Waals surface area contributed by atoms with E-state index in [9.17, 15) is 33.3 Å². The summed E-state index contributed by atoms with van der Waals surface area (Å²) in [5.74, 6) is -2.22. The molecule has 1 aliphatic rings. The molecule has 4 atom stereocenters. The zero-order valence-electron chi connectivity index (χ0n) is 24.3. The van der Waals surface area contributed by atoms with Gasteiger partial charge in [-0.2, -0.15) is 0 Å². The lowest BCUT2D eigenvalue weighted by molar-refractivity contribution is -0.146. The number of aromatic hydroxyl groups is 1. The Morgan fingerprint density at radius 1 is 1.21 bits per heavy atom. The van der Waals surface area contributed by atoms with Gasteiger partial charge in [-0.3, -0.25) is 4.79 Å². The number of nitrogens with zero attached hydrogens (tertiary/aromatic N) is 3. The fraction of sp³-hybridized carbons (Fsp3) is 0.484. The normalized spacial score (nSPS) is 18.7. The molecule has 0 bridgehead atoms. The minimum atomic E-state index is -1.41. The summed E-state index contributed by atoms with van der Waals surface area (Å²) in [5, 5.41) is 33.7. The molecule has 0 saturated carbocycles. The van der Waals surface area contributed by atoms with E-state index in [2.05, 4.69) is 5.32 Å². The Balaban J connectivity index is 1.95. The minimum Gasteiger partial charge on any atom is -0.508 e. The number of phenols is 1. The number of benzene rings is 2. The zero-order chi connectivity index (χ0) is 30.8. The van der Waals surface area contributed by atoms with Crippen LogP contribution in [-0.4, -0.2) is 74.2 Å². The van der Waals surface area contributed by atoms with Crippen molar-refractivity contribution < 1.29 is 33.3 Å². The number of phenolic OH excluding ortho intramolecular Hbond substituents is 1. The number of aliphatic hydroxyl groups is 2. The van der Waals surface area contributed by atoms with Crippen molar-refractivity contribution in [3.8, 4) is 17.0 Å². The van der Waals surface area contributed by atoms with Gasteiger partial charge in [-0.1, -0.05) is 19.9 Å². The number of hydrogen-bond acceptors (Lipinski definition) is 6. The van der Waals surface area contributed by atoms with Crippen molar-refractivity contribution in [2.45, 2.75) is 59.0 Å². The number of rotatable bonds is 11. The molecule has 2 heterocycles. The van der Waals surface area contributed by atoms with Crippen LogP contribution in [0.1, 0.15) is 50.2 Å². The first-order chi connectivity index (χ1) is 19.8. The van der Waals surface area contributed by atoms with Gasteiger partial charge in [0.25, 0.3) is 5.91 Å². The molecular weight excluding hydrogens is 549 g/mol. The summed E-state index contributed by atoms with van der Waals surface area (Å²) in [6.45, 7) is 7.16. The topological polar surface area (TPSA) is 111 Å². The van der Waals surface area contributed by atoms with E-state index in [1.54, 1.807) is 22.9 Å². The lowest BCUT2D eigenvalue weighted by Crippen LogP contribution is -2.50. The Labute approximate surface area is 243 Å². The standard InChI is InChI=1S/C31H39F3N4O4/c1-18-9-20(11-23(41)10-18)15-37-17-27(24-12-22(32)5-6-25(24)33)36-29(37)28(31(3,4)7-8-39)38(30(42)19(2)40)16-21-13-35-14-26(21)34/h5-6,9-12,17,19,21,26,28,35,39-41H,7-8,13-16H2,1-4H3. The number of aryl methyl sites for hydroxylation is 1. The van der Waals surface area contributed by atoms with Gasteiger partial charge in [0, 0.05) is 50.5 Å². The van der Waals surface area contributed by atoms with E-state index >= 15 is 0 Å². The van der Waals surface area contributed by atoms with Crippen molar-refractivity contribution >= 4 is 5.91 Å². The average molecular weight is 589 g/mol. The number of carbonyl (C=O) groups is 1. The van der Waals surface area contributed by atoms with Gasteiger partial charge in [0.15, 0.2) is 0 Å². The summed E-state index contributed by atoms with van der Waals surface area (Å²) in [6, 6.07) is 7.17. The smallest absolute Gasteiger partial charge is 0.251 e. The highest BCUT2D eigenvalue weighted by molar-refractivity contribution is 5.81. The van der Waals surface area contributed by atoms with Gasteiger partial charge in [0.05, 0.1) is 11.7 Å². The van der Waals surface area contributed by atoms with Crippen molar-refractivity contribution in [1.82, 2.24) is 19.8 Å². The average Bonchev–Trinajstić information content (AvgIpc) is 3.49. The van der Waals surface area contributed by atoms with Crippen LogP contribution in [0, 0.1) is 29.9 Å². The van der Waals surface area contributed by atoms with Crippen molar-refractivity contribution in [2.75, 3.05) is 26.2 Å². The van der Waals surface area contributed by atoms with Gasteiger partial charge in [-0.15, -0.1) is 0 Å². The van der Waals surface area contributed by atoms with Crippen molar-refractivity contribution in [2.24, 2.45) is 11.3 Å². The Morgan fingerprint density at radius 2 is 1.95 bits per heavy atom. The first kappa shape index (κ1) is 31.5. The summed E-state index contributed by atoms with van der Waals surface area (Å²) in [4.78, 5) is 19.8.